The first kappa shape index (κ1) is 14.4. The molecule has 1 aromatic carbocycles. The summed E-state index contributed by atoms with van der Waals surface area (Å²) in [6, 6.07) is 4.66. The van der Waals surface area contributed by atoms with Crippen molar-refractivity contribution in [3.63, 3.8) is 0 Å². The van der Waals surface area contributed by atoms with Crippen LogP contribution in [0.5, 0.6) is 5.75 Å². The van der Waals surface area contributed by atoms with Crippen molar-refractivity contribution in [2.24, 2.45) is 0 Å². The SMILES string of the molecule is COc1cc(C)c(CN2CCCC[C@H]2CO)cc1C. The van der Waals surface area contributed by atoms with E-state index >= 15 is 0 Å². The molecule has 0 amide bonds. The molecule has 0 aliphatic carbocycles. The van der Waals surface area contributed by atoms with Crippen molar-refractivity contribution in [1.29, 1.82) is 0 Å². The number of piperidine rings is 1. The van der Waals surface area contributed by atoms with E-state index < -0.39 is 0 Å². The second-order valence-corrected chi connectivity index (χ2v) is 5.55. The van der Waals surface area contributed by atoms with Crippen molar-refractivity contribution in [3.8, 4) is 5.75 Å². The lowest BCUT2D eigenvalue weighted by molar-refractivity contribution is 0.0839. The highest BCUT2D eigenvalue weighted by atomic mass is 16.5. The van der Waals surface area contributed by atoms with Gasteiger partial charge < -0.3 is 9.84 Å². The van der Waals surface area contributed by atoms with Crippen LogP contribution in [0.4, 0.5) is 0 Å². The minimum absolute atomic E-state index is 0.272. The van der Waals surface area contributed by atoms with Gasteiger partial charge in [0.15, 0.2) is 0 Å². The summed E-state index contributed by atoms with van der Waals surface area (Å²) < 4.78 is 5.36. The summed E-state index contributed by atoms with van der Waals surface area (Å²) in [5, 5.41) is 9.48. The quantitative estimate of drug-likeness (QED) is 0.906. The summed E-state index contributed by atoms with van der Waals surface area (Å²) >= 11 is 0. The fourth-order valence-electron chi connectivity index (χ4n) is 2.93. The second-order valence-electron chi connectivity index (χ2n) is 5.55. The van der Waals surface area contributed by atoms with Gasteiger partial charge in [-0.05, 0) is 56.0 Å². The molecule has 0 saturated carbocycles. The Hall–Kier alpha value is -1.06. The zero-order valence-electron chi connectivity index (χ0n) is 12.3. The highest BCUT2D eigenvalue weighted by Crippen LogP contribution is 2.25. The first-order valence-corrected chi connectivity index (χ1v) is 7.14. The number of methoxy groups -OCH3 is 1. The monoisotopic (exact) mass is 263 g/mol. The van der Waals surface area contributed by atoms with Gasteiger partial charge in [0.05, 0.1) is 13.7 Å². The van der Waals surface area contributed by atoms with E-state index in [1.807, 2.05) is 0 Å². The molecule has 3 nitrogen and oxygen atoms in total. The Morgan fingerprint density at radius 3 is 2.74 bits per heavy atom. The van der Waals surface area contributed by atoms with Crippen LogP contribution < -0.4 is 4.74 Å². The van der Waals surface area contributed by atoms with E-state index in [2.05, 4.69) is 30.9 Å². The van der Waals surface area contributed by atoms with E-state index in [0.717, 1.165) is 25.3 Å². The van der Waals surface area contributed by atoms with E-state index in [4.69, 9.17) is 4.74 Å². The third kappa shape index (κ3) is 3.28. The maximum absolute atomic E-state index is 9.48. The van der Waals surface area contributed by atoms with Crippen LogP contribution in [0.15, 0.2) is 12.1 Å². The van der Waals surface area contributed by atoms with Crippen molar-refractivity contribution in [2.45, 2.75) is 45.7 Å². The fourth-order valence-corrected chi connectivity index (χ4v) is 2.93. The molecule has 0 unspecified atom stereocenters. The van der Waals surface area contributed by atoms with Crippen molar-refractivity contribution in [1.82, 2.24) is 4.90 Å². The highest BCUT2D eigenvalue weighted by molar-refractivity contribution is 5.41. The van der Waals surface area contributed by atoms with Crippen LogP contribution in [-0.2, 0) is 6.54 Å². The molecule has 1 aliphatic rings. The molecule has 0 aromatic heterocycles. The van der Waals surface area contributed by atoms with Crippen LogP contribution in [0, 0.1) is 13.8 Å². The molecular formula is C16H25NO2. The Bertz CT molecular complexity index is 431. The van der Waals surface area contributed by atoms with Gasteiger partial charge >= 0.3 is 0 Å². The van der Waals surface area contributed by atoms with Crippen LogP contribution in [0.1, 0.15) is 36.0 Å². The molecule has 3 heteroatoms. The summed E-state index contributed by atoms with van der Waals surface area (Å²) in [6.07, 6.45) is 3.59. The number of hydrogen-bond donors (Lipinski definition) is 1. The normalized spacial score (nSPS) is 20.5. The smallest absolute Gasteiger partial charge is 0.122 e. The van der Waals surface area contributed by atoms with Gasteiger partial charge in [-0.1, -0.05) is 12.5 Å². The lowest BCUT2D eigenvalue weighted by Gasteiger charge is -2.35. The van der Waals surface area contributed by atoms with Gasteiger partial charge in [-0.15, -0.1) is 0 Å². The van der Waals surface area contributed by atoms with E-state index in [1.54, 1.807) is 7.11 Å². The molecule has 1 fully saturated rings. The maximum Gasteiger partial charge on any atom is 0.122 e. The molecule has 1 aliphatic heterocycles. The predicted molar refractivity (Wildman–Crippen MR) is 77.6 cm³/mol. The zero-order chi connectivity index (χ0) is 13.8. The Labute approximate surface area is 116 Å². The molecule has 1 atom stereocenters. The number of aliphatic hydroxyl groups excluding tert-OH is 1. The number of rotatable bonds is 4. The van der Waals surface area contributed by atoms with Gasteiger partial charge in [-0.25, -0.2) is 0 Å². The standard InChI is InChI=1S/C16H25NO2/c1-12-9-16(19-3)13(2)8-14(12)10-17-7-5-4-6-15(17)11-18/h8-9,15,18H,4-7,10-11H2,1-3H3/t15-/m0/s1. The van der Waals surface area contributed by atoms with E-state index in [9.17, 15) is 5.11 Å². The number of benzene rings is 1. The molecule has 0 bridgehead atoms. The van der Waals surface area contributed by atoms with Gasteiger partial charge in [0.1, 0.15) is 5.75 Å². The number of aryl methyl sites for hydroxylation is 2. The first-order chi connectivity index (χ1) is 9.15. The molecule has 1 heterocycles. The van der Waals surface area contributed by atoms with Gasteiger partial charge in [0, 0.05) is 12.6 Å². The molecule has 0 radical (unpaired) electrons. The third-order valence-corrected chi connectivity index (χ3v) is 4.19. The summed E-state index contributed by atoms with van der Waals surface area (Å²) in [6.45, 7) is 6.52. The van der Waals surface area contributed by atoms with E-state index in [-0.39, 0.29) is 6.61 Å². The molecule has 2 rings (SSSR count). The van der Waals surface area contributed by atoms with E-state index in [1.165, 1.54) is 29.5 Å². The predicted octanol–water partition coefficient (Wildman–Crippen LogP) is 2.66. The summed E-state index contributed by atoms with van der Waals surface area (Å²) in [5.41, 5.74) is 3.80. The van der Waals surface area contributed by atoms with Gasteiger partial charge in [-0.3, -0.25) is 4.90 Å². The lowest BCUT2D eigenvalue weighted by Crippen LogP contribution is -2.41. The first-order valence-electron chi connectivity index (χ1n) is 7.14. The number of ether oxygens (including phenoxy) is 1. The van der Waals surface area contributed by atoms with E-state index in [0.29, 0.717) is 6.04 Å². The largest absolute Gasteiger partial charge is 0.496 e. The number of hydrogen-bond acceptors (Lipinski definition) is 3. The van der Waals surface area contributed by atoms with Crippen LogP contribution in [0.3, 0.4) is 0 Å². The molecular weight excluding hydrogens is 238 g/mol. The summed E-state index contributed by atoms with van der Waals surface area (Å²) in [5.74, 6) is 0.957. The average Bonchev–Trinajstić information content (AvgIpc) is 2.43. The van der Waals surface area contributed by atoms with Crippen molar-refractivity contribution >= 4 is 0 Å². The van der Waals surface area contributed by atoms with Crippen LogP contribution >= 0.6 is 0 Å². The lowest BCUT2D eigenvalue weighted by atomic mass is 9.99. The minimum atomic E-state index is 0.272. The molecule has 1 aromatic rings. The molecule has 1 N–H and O–H groups in total. The maximum atomic E-state index is 9.48. The second kappa shape index (κ2) is 6.40. The van der Waals surface area contributed by atoms with Crippen molar-refractivity contribution in [2.75, 3.05) is 20.3 Å². The molecule has 1 saturated heterocycles. The molecule has 106 valence electrons. The minimum Gasteiger partial charge on any atom is -0.496 e. The summed E-state index contributed by atoms with van der Waals surface area (Å²) in [4.78, 5) is 2.41. The number of nitrogens with zero attached hydrogens (tertiary/aromatic N) is 1. The molecule has 19 heavy (non-hydrogen) atoms. The number of aliphatic hydroxyl groups is 1. The highest BCUT2D eigenvalue weighted by Gasteiger charge is 2.22. The van der Waals surface area contributed by atoms with Crippen molar-refractivity contribution in [3.05, 3.63) is 28.8 Å². The van der Waals surface area contributed by atoms with Crippen LogP contribution in [-0.4, -0.2) is 36.3 Å². The Morgan fingerprint density at radius 1 is 1.26 bits per heavy atom. The van der Waals surface area contributed by atoms with Crippen LogP contribution in [0.25, 0.3) is 0 Å². The average molecular weight is 263 g/mol. The Morgan fingerprint density at radius 2 is 2.05 bits per heavy atom. The zero-order valence-corrected chi connectivity index (χ0v) is 12.3. The topological polar surface area (TPSA) is 32.7 Å². The van der Waals surface area contributed by atoms with Gasteiger partial charge in [0.2, 0.25) is 0 Å². The van der Waals surface area contributed by atoms with Crippen LogP contribution in [0.2, 0.25) is 0 Å². The van der Waals surface area contributed by atoms with Gasteiger partial charge in [-0.2, -0.15) is 0 Å². The Balaban J connectivity index is 2.16. The van der Waals surface area contributed by atoms with Crippen molar-refractivity contribution < 1.29 is 9.84 Å². The number of likely N-dealkylation sites (tertiary alicyclic amines) is 1. The third-order valence-electron chi connectivity index (χ3n) is 4.19. The van der Waals surface area contributed by atoms with Gasteiger partial charge in [0.25, 0.3) is 0 Å². The fraction of sp³-hybridized carbons (Fsp3) is 0.625. The Kier molecular flexibility index (Phi) is 4.83. The molecule has 0 spiro atoms. The summed E-state index contributed by atoms with van der Waals surface area (Å²) in [7, 11) is 1.72.